The predicted octanol–water partition coefficient (Wildman–Crippen LogP) is 6.83. The lowest BCUT2D eigenvalue weighted by Crippen LogP contribution is -2.41. The van der Waals surface area contributed by atoms with Crippen LogP contribution in [0.5, 0.6) is 0 Å². The molecule has 53 heavy (non-hydrogen) atoms. The molecule has 6 aromatic rings. The second-order valence-electron chi connectivity index (χ2n) is 14.1. The molecule has 5 heterocycles. The van der Waals surface area contributed by atoms with Crippen LogP contribution in [0.3, 0.4) is 0 Å². The minimum atomic E-state index is -0.155. The zero-order valence-electron chi connectivity index (χ0n) is 29.7. The predicted molar refractivity (Wildman–Crippen MR) is 210 cm³/mol. The standard InChI is InChI=1S/C41H39Cl2N7O3/c1-47-22-27(23-49(3)35-13-15-38(52)46-35)28-11-10-24(18-33(28)47)29-6-4-8-31(39(29)42)32-9-5-7-30(40(32)43)25-16-17-50-36(19-25)44-20-26(41(50)53)21-48(2)34-12-14-37(51)45-34/h4-11,16-20,22,34-35H,12-15,21,23H2,1-3H3,(H,45,51)(H,46,52)/t34-,35-/m0/s1. The summed E-state index contributed by atoms with van der Waals surface area (Å²) < 4.78 is 3.67. The average Bonchev–Trinajstić information content (AvgIpc) is 3.88. The summed E-state index contributed by atoms with van der Waals surface area (Å²) in [7, 11) is 5.99. The van der Waals surface area contributed by atoms with Gasteiger partial charge in [-0.25, -0.2) is 4.98 Å². The molecule has 2 aliphatic rings. The molecule has 0 unspecified atom stereocenters. The van der Waals surface area contributed by atoms with Crippen LogP contribution in [0.2, 0.25) is 10.0 Å². The summed E-state index contributed by atoms with van der Waals surface area (Å²) >= 11 is 14.4. The zero-order valence-corrected chi connectivity index (χ0v) is 31.2. The van der Waals surface area contributed by atoms with Crippen LogP contribution >= 0.6 is 23.2 Å². The van der Waals surface area contributed by atoms with Crippen molar-refractivity contribution >= 4 is 51.6 Å². The maximum absolute atomic E-state index is 13.4. The Morgan fingerprint density at radius 1 is 0.755 bits per heavy atom. The highest BCUT2D eigenvalue weighted by molar-refractivity contribution is 6.39. The third-order valence-electron chi connectivity index (χ3n) is 10.6. The maximum atomic E-state index is 13.4. The minimum absolute atomic E-state index is 0.0256. The molecule has 0 spiro atoms. The summed E-state index contributed by atoms with van der Waals surface area (Å²) in [5.41, 5.74) is 8.29. The van der Waals surface area contributed by atoms with Crippen molar-refractivity contribution in [3.05, 3.63) is 117 Å². The van der Waals surface area contributed by atoms with E-state index in [-0.39, 0.29) is 29.7 Å². The Kier molecular flexibility index (Phi) is 9.32. The quantitative estimate of drug-likeness (QED) is 0.168. The Balaban J connectivity index is 1.07. The van der Waals surface area contributed by atoms with Crippen LogP contribution in [0, 0.1) is 0 Å². The molecule has 3 aromatic heterocycles. The molecule has 0 bridgehead atoms. The molecule has 2 amide bonds. The summed E-state index contributed by atoms with van der Waals surface area (Å²) in [5, 5.41) is 8.29. The van der Waals surface area contributed by atoms with Crippen LogP contribution in [0.1, 0.15) is 36.8 Å². The van der Waals surface area contributed by atoms with Crippen LogP contribution in [0.15, 0.2) is 90.1 Å². The summed E-state index contributed by atoms with van der Waals surface area (Å²) in [5.74, 6) is 0.130. The lowest BCUT2D eigenvalue weighted by Gasteiger charge is -2.23. The molecule has 270 valence electrons. The number of aromatic nitrogens is 3. The fourth-order valence-corrected chi connectivity index (χ4v) is 8.37. The minimum Gasteiger partial charge on any atom is -0.350 e. The van der Waals surface area contributed by atoms with Crippen molar-refractivity contribution in [1.82, 2.24) is 34.4 Å². The number of nitrogens with zero attached hydrogens (tertiary/aromatic N) is 5. The summed E-state index contributed by atoms with van der Waals surface area (Å²) in [6, 6.07) is 22.0. The van der Waals surface area contributed by atoms with E-state index in [2.05, 4.69) is 49.5 Å². The number of fused-ring (bicyclic) bond motifs is 2. The highest BCUT2D eigenvalue weighted by atomic mass is 35.5. The van der Waals surface area contributed by atoms with E-state index in [0.717, 1.165) is 57.2 Å². The van der Waals surface area contributed by atoms with E-state index in [1.807, 2.05) is 74.6 Å². The lowest BCUT2D eigenvalue weighted by molar-refractivity contribution is -0.120. The Morgan fingerprint density at radius 2 is 1.32 bits per heavy atom. The highest BCUT2D eigenvalue weighted by Gasteiger charge is 2.26. The molecule has 2 N–H and O–H groups in total. The number of aryl methyl sites for hydroxylation is 1. The van der Waals surface area contributed by atoms with Gasteiger partial charge in [-0.2, -0.15) is 0 Å². The lowest BCUT2D eigenvalue weighted by atomic mass is 9.95. The Bertz CT molecular complexity index is 2490. The second-order valence-corrected chi connectivity index (χ2v) is 14.9. The number of nitrogens with one attached hydrogen (secondary N) is 2. The molecule has 0 aliphatic carbocycles. The van der Waals surface area contributed by atoms with E-state index < -0.39 is 0 Å². The van der Waals surface area contributed by atoms with Gasteiger partial charge in [0.05, 0.1) is 27.9 Å². The first-order chi connectivity index (χ1) is 25.5. The van der Waals surface area contributed by atoms with Gasteiger partial charge in [0.15, 0.2) is 0 Å². The van der Waals surface area contributed by atoms with Gasteiger partial charge < -0.3 is 15.2 Å². The Morgan fingerprint density at radius 3 is 1.91 bits per heavy atom. The monoisotopic (exact) mass is 747 g/mol. The number of hydrogen-bond acceptors (Lipinski definition) is 6. The number of pyridine rings is 1. The number of halogens is 2. The highest BCUT2D eigenvalue weighted by Crippen LogP contribution is 2.43. The zero-order chi connectivity index (χ0) is 37.0. The van der Waals surface area contributed by atoms with Gasteiger partial charge in [0.25, 0.3) is 5.56 Å². The number of rotatable bonds is 9. The van der Waals surface area contributed by atoms with Crippen molar-refractivity contribution < 1.29 is 9.59 Å². The van der Waals surface area contributed by atoms with Gasteiger partial charge in [0.2, 0.25) is 11.8 Å². The van der Waals surface area contributed by atoms with E-state index in [4.69, 9.17) is 23.2 Å². The average molecular weight is 749 g/mol. The van der Waals surface area contributed by atoms with Crippen molar-refractivity contribution in [2.24, 2.45) is 7.05 Å². The molecular formula is C41H39Cl2N7O3. The van der Waals surface area contributed by atoms with E-state index in [1.54, 1.807) is 12.4 Å². The summed E-state index contributed by atoms with van der Waals surface area (Å²) in [4.78, 5) is 45.7. The van der Waals surface area contributed by atoms with Gasteiger partial charge in [-0.15, -0.1) is 0 Å². The third-order valence-corrected chi connectivity index (χ3v) is 11.4. The number of hydrogen-bond donors (Lipinski definition) is 2. The van der Waals surface area contributed by atoms with E-state index in [0.29, 0.717) is 47.1 Å². The summed E-state index contributed by atoms with van der Waals surface area (Å²) in [6.07, 6.45) is 8.03. The van der Waals surface area contributed by atoms with Gasteiger partial charge in [0, 0.05) is 84.7 Å². The third kappa shape index (κ3) is 6.61. The van der Waals surface area contributed by atoms with Gasteiger partial charge in [0.1, 0.15) is 5.65 Å². The first-order valence-corrected chi connectivity index (χ1v) is 18.5. The van der Waals surface area contributed by atoms with Crippen molar-refractivity contribution in [1.29, 1.82) is 0 Å². The SMILES string of the molecule is CN(Cc1cnc2cc(-c3cccc(-c4cccc(-c5ccc6c(CN(C)[C@H]7CCC(=O)N7)cn(C)c6c5)c4Cl)c3Cl)ccn2c1=O)[C@H]1CCC(=O)N1. The molecule has 2 fully saturated rings. The Labute approximate surface area is 316 Å². The van der Waals surface area contributed by atoms with Crippen molar-refractivity contribution in [2.45, 2.75) is 51.1 Å². The molecule has 12 heteroatoms. The maximum Gasteiger partial charge on any atom is 0.262 e. The van der Waals surface area contributed by atoms with Crippen molar-refractivity contribution in [3.8, 4) is 33.4 Å². The topological polar surface area (TPSA) is 104 Å². The normalized spacial score (nSPS) is 17.4. The van der Waals surface area contributed by atoms with E-state index >= 15 is 0 Å². The fraction of sp³-hybridized carbons (Fsp3) is 0.268. The molecule has 0 radical (unpaired) electrons. The van der Waals surface area contributed by atoms with Crippen LogP contribution < -0.4 is 16.2 Å². The smallest absolute Gasteiger partial charge is 0.262 e. The molecule has 8 rings (SSSR count). The van der Waals surface area contributed by atoms with Crippen LogP contribution in [-0.2, 0) is 29.7 Å². The Hall–Kier alpha value is -5.00. The molecule has 3 aromatic carbocycles. The molecule has 2 aliphatic heterocycles. The van der Waals surface area contributed by atoms with Gasteiger partial charge in [-0.3, -0.25) is 28.6 Å². The molecule has 2 saturated heterocycles. The largest absolute Gasteiger partial charge is 0.350 e. The first kappa shape index (κ1) is 35.1. The molecular weight excluding hydrogens is 709 g/mol. The molecule has 2 atom stereocenters. The van der Waals surface area contributed by atoms with Crippen LogP contribution in [0.25, 0.3) is 49.9 Å². The number of benzene rings is 3. The second kappa shape index (κ2) is 14.1. The number of carbonyl (C=O) groups is 2. The van der Waals surface area contributed by atoms with E-state index in [1.165, 1.54) is 9.96 Å². The van der Waals surface area contributed by atoms with Gasteiger partial charge in [-0.1, -0.05) is 71.7 Å². The van der Waals surface area contributed by atoms with Gasteiger partial charge >= 0.3 is 0 Å². The number of amides is 2. The number of carbonyl (C=O) groups excluding carboxylic acids is 2. The van der Waals surface area contributed by atoms with E-state index in [9.17, 15) is 14.4 Å². The van der Waals surface area contributed by atoms with Crippen molar-refractivity contribution in [2.75, 3.05) is 14.1 Å². The van der Waals surface area contributed by atoms with Crippen molar-refractivity contribution in [3.63, 3.8) is 0 Å². The first-order valence-electron chi connectivity index (χ1n) is 17.7. The van der Waals surface area contributed by atoms with Crippen LogP contribution in [0.4, 0.5) is 0 Å². The summed E-state index contributed by atoms with van der Waals surface area (Å²) in [6.45, 7) is 1.09. The fourth-order valence-electron chi connectivity index (χ4n) is 7.69. The van der Waals surface area contributed by atoms with Gasteiger partial charge in [-0.05, 0) is 61.8 Å². The van der Waals surface area contributed by atoms with Crippen LogP contribution in [-0.4, -0.2) is 62.0 Å². The molecule has 0 saturated carbocycles. The molecule has 10 nitrogen and oxygen atoms in total.